The van der Waals surface area contributed by atoms with E-state index in [4.69, 9.17) is 5.73 Å². The summed E-state index contributed by atoms with van der Waals surface area (Å²) in [6, 6.07) is 0. The van der Waals surface area contributed by atoms with Crippen molar-refractivity contribution in [2.75, 3.05) is 6.54 Å². The number of nitrogens with one attached hydrogen (secondary N) is 1. The third kappa shape index (κ3) is 8.25. The molecule has 0 rings (SSSR count). The highest BCUT2D eigenvalue weighted by Gasteiger charge is 2.31. The third-order valence-corrected chi connectivity index (χ3v) is 4.00. The predicted octanol–water partition coefficient (Wildman–Crippen LogP) is 3.62. The Labute approximate surface area is 119 Å². The number of amides is 1. The Morgan fingerprint density at radius 1 is 1.05 bits per heavy atom. The van der Waals surface area contributed by atoms with Gasteiger partial charge in [-0.1, -0.05) is 65.7 Å². The highest BCUT2D eigenvalue weighted by molar-refractivity contribution is 5.85. The van der Waals surface area contributed by atoms with Gasteiger partial charge in [0.05, 0.1) is 5.54 Å². The molecule has 0 fully saturated rings. The van der Waals surface area contributed by atoms with Crippen molar-refractivity contribution in [2.24, 2.45) is 11.7 Å². The lowest BCUT2D eigenvalue weighted by molar-refractivity contribution is -0.127. The van der Waals surface area contributed by atoms with Gasteiger partial charge in [-0.05, 0) is 19.3 Å². The molecular formula is C16H34N2O. The maximum Gasteiger partial charge on any atom is 0.240 e. The Hall–Kier alpha value is -0.570. The molecule has 0 aromatic rings. The third-order valence-electron chi connectivity index (χ3n) is 4.00. The molecule has 0 heterocycles. The van der Waals surface area contributed by atoms with Gasteiger partial charge in [0.2, 0.25) is 5.91 Å². The molecule has 0 radical (unpaired) electrons. The summed E-state index contributed by atoms with van der Waals surface area (Å²) in [6.07, 6.45) is 10.3. The fourth-order valence-corrected chi connectivity index (χ4v) is 1.91. The summed E-state index contributed by atoms with van der Waals surface area (Å²) in [5.74, 6) is 0.136. The van der Waals surface area contributed by atoms with Crippen molar-refractivity contribution in [1.82, 2.24) is 5.32 Å². The summed E-state index contributed by atoms with van der Waals surface area (Å²) >= 11 is 0. The van der Waals surface area contributed by atoms with E-state index in [1.165, 1.54) is 44.9 Å². The Kier molecular flexibility index (Phi) is 9.94. The van der Waals surface area contributed by atoms with Crippen LogP contribution in [-0.4, -0.2) is 18.0 Å². The van der Waals surface area contributed by atoms with Gasteiger partial charge in [0.15, 0.2) is 0 Å². The number of hydrogen-bond acceptors (Lipinski definition) is 2. The first kappa shape index (κ1) is 18.4. The van der Waals surface area contributed by atoms with Gasteiger partial charge in [-0.15, -0.1) is 0 Å². The molecule has 0 bridgehead atoms. The zero-order valence-electron chi connectivity index (χ0n) is 13.4. The topological polar surface area (TPSA) is 55.1 Å². The SMILES string of the molecule is CCCCCCCCCCNC(=O)[C@@](C)(N)C(C)C. The lowest BCUT2D eigenvalue weighted by atomic mass is 9.89. The van der Waals surface area contributed by atoms with Crippen molar-refractivity contribution >= 4 is 5.91 Å². The maximum absolute atomic E-state index is 11.9. The summed E-state index contributed by atoms with van der Waals surface area (Å²) < 4.78 is 0. The van der Waals surface area contributed by atoms with E-state index >= 15 is 0 Å². The number of unbranched alkanes of at least 4 members (excludes halogenated alkanes) is 7. The van der Waals surface area contributed by atoms with Gasteiger partial charge >= 0.3 is 0 Å². The lowest BCUT2D eigenvalue weighted by Gasteiger charge is -2.27. The quantitative estimate of drug-likeness (QED) is 0.563. The van der Waals surface area contributed by atoms with E-state index in [1.807, 2.05) is 13.8 Å². The van der Waals surface area contributed by atoms with Crippen LogP contribution in [-0.2, 0) is 4.79 Å². The summed E-state index contributed by atoms with van der Waals surface area (Å²) in [5, 5.41) is 2.95. The fourth-order valence-electron chi connectivity index (χ4n) is 1.91. The van der Waals surface area contributed by atoms with E-state index in [1.54, 1.807) is 6.92 Å². The number of carbonyl (C=O) groups excluding carboxylic acids is 1. The van der Waals surface area contributed by atoms with Gasteiger partial charge in [-0.3, -0.25) is 4.79 Å². The van der Waals surface area contributed by atoms with E-state index in [0.29, 0.717) is 0 Å². The highest BCUT2D eigenvalue weighted by Crippen LogP contribution is 2.13. The van der Waals surface area contributed by atoms with Crippen molar-refractivity contribution < 1.29 is 4.79 Å². The summed E-state index contributed by atoms with van der Waals surface area (Å²) in [5.41, 5.74) is 5.25. The molecule has 114 valence electrons. The second kappa shape index (κ2) is 10.2. The number of nitrogens with two attached hydrogens (primary N) is 1. The monoisotopic (exact) mass is 270 g/mol. The molecule has 0 spiro atoms. The summed E-state index contributed by atoms with van der Waals surface area (Å²) in [4.78, 5) is 11.9. The van der Waals surface area contributed by atoms with Crippen molar-refractivity contribution in [2.45, 2.75) is 84.6 Å². The Morgan fingerprint density at radius 3 is 2.00 bits per heavy atom. The Balaban J connectivity index is 3.47. The van der Waals surface area contributed by atoms with E-state index in [2.05, 4.69) is 12.2 Å². The second-order valence-corrected chi connectivity index (χ2v) is 6.17. The van der Waals surface area contributed by atoms with Crippen LogP contribution in [0.2, 0.25) is 0 Å². The molecule has 0 aromatic carbocycles. The van der Waals surface area contributed by atoms with E-state index in [-0.39, 0.29) is 11.8 Å². The van der Waals surface area contributed by atoms with Gasteiger partial charge < -0.3 is 11.1 Å². The first-order valence-corrected chi connectivity index (χ1v) is 8.00. The molecule has 0 aliphatic carbocycles. The molecule has 0 aromatic heterocycles. The standard InChI is InChI=1S/C16H34N2O/c1-5-6-7-8-9-10-11-12-13-18-15(19)16(4,17)14(2)3/h14H,5-13,17H2,1-4H3,(H,18,19)/t16-/m0/s1. The van der Waals surface area contributed by atoms with Gasteiger partial charge in [0, 0.05) is 6.54 Å². The van der Waals surface area contributed by atoms with Crippen LogP contribution in [0.1, 0.15) is 79.1 Å². The van der Waals surface area contributed by atoms with Crippen molar-refractivity contribution in [3.63, 3.8) is 0 Å². The normalized spacial score (nSPS) is 14.4. The number of hydrogen-bond donors (Lipinski definition) is 2. The Bertz CT molecular complexity index is 237. The predicted molar refractivity (Wildman–Crippen MR) is 83.1 cm³/mol. The van der Waals surface area contributed by atoms with Gasteiger partial charge in [-0.25, -0.2) is 0 Å². The minimum absolute atomic E-state index is 0.0227. The average molecular weight is 270 g/mol. The maximum atomic E-state index is 11.9. The molecule has 0 aliphatic rings. The fraction of sp³-hybridized carbons (Fsp3) is 0.938. The Morgan fingerprint density at radius 2 is 1.53 bits per heavy atom. The smallest absolute Gasteiger partial charge is 0.240 e. The van der Waals surface area contributed by atoms with Crippen LogP contribution in [0.4, 0.5) is 0 Å². The molecule has 19 heavy (non-hydrogen) atoms. The van der Waals surface area contributed by atoms with Gasteiger partial charge in [-0.2, -0.15) is 0 Å². The molecule has 3 nitrogen and oxygen atoms in total. The molecule has 3 N–H and O–H groups in total. The van der Waals surface area contributed by atoms with E-state index in [0.717, 1.165) is 13.0 Å². The number of carbonyl (C=O) groups is 1. The van der Waals surface area contributed by atoms with Crippen LogP contribution in [0.25, 0.3) is 0 Å². The zero-order chi connectivity index (χ0) is 14.7. The molecule has 0 unspecified atom stereocenters. The zero-order valence-corrected chi connectivity index (χ0v) is 13.4. The van der Waals surface area contributed by atoms with Crippen molar-refractivity contribution in [1.29, 1.82) is 0 Å². The minimum Gasteiger partial charge on any atom is -0.355 e. The first-order chi connectivity index (χ1) is 8.92. The largest absolute Gasteiger partial charge is 0.355 e. The average Bonchev–Trinajstić information content (AvgIpc) is 2.36. The molecule has 1 atom stereocenters. The molecule has 3 heteroatoms. The van der Waals surface area contributed by atoms with Crippen LogP contribution in [0, 0.1) is 5.92 Å². The highest BCUT2D eigenvalue weighted by atomic mass is 16.2. The van der Waals surface area contributed by atoms with Crippen LogP contribution >= 0.6 is 0 Å². The molecule has 0 saturated carbocycles. The van der Waals surface area contributed by atoms with Crippen LogP contribution < -0.4 is 11.1 Å². The van der Waals surface area contributed by atoms with Crippen molar-refractivity contribution in [3.8, 4) is 0 Å². The summed E-state index contributed by atoms with van der Waals surface area (Å²) in [6.45, 7) is 8.77. The van der Waals surface area contributed by atoms with Gasteiger partial charge in [0.1, 0.15) is 0 Å². The first-order valence-electron chi connectivity index (χ1n) is 8.00. The van der Waals surface area contributed by atoms with E-state index < -0.39 is 5.54 Å². The van der Waals surface area contributed by atoms with Crippen molar-refractivity contribution in [3.05, 3.63) is 0 Å². The molecule has 0 saturated heterocycles. The minimum atomic E-state index is -0.750. The molecule has 1 amide bonds. The van der Waals surface area contributed by atoms with Gasteiger partial charge in [0.25, 0.3) is 0 Å². The molecular weight excluding hydrogens is 236 g/mol. The second-order valence-electron chi connectivity index (χ2n) is 6.17. The summed E-state index contributed by atoms with van der Waals surface area (Å²) in [7, 11) is 0. The van der Waals surface area contributed by atoms with Crippen LogP contribution in [0.15, 0.2) is 0 Å². The van der Waals surface area contributed by atoms with Crippen LogP contribution in [0.5, 0.6) is 0 Å². The molecule has 0 aliphatic heterocycles. The van der Waals surface area contributed by atoms with Crippen LogP contribution in [0.3, 0.4) is 0 Å². The van der Waals surface area contributed by atoms with E-state index in [9.17, 15) is 4.79 Å². The lowest BCUT2D eigenvalue weighted by Crippen LogP contribution is -2.55. The number of rotatable bonds is 11.